The Morgan fingerprint density at radius 1 is 0.720 bits per heavy atom. The second kappa shape index (κ2) is 6.51. The van der Waals surface area contributed by atoms with Crippen LogP contribution in [0.15, 0.2) is 0 Å². The van der Waals surface area contributed by atoms with Crippen LogP contribution in [0, 0.1) is 34.5 Å². The summed E-state index contributed by atoms with van der Waals surface area (Å²) in [6.07, 6.45) is 4.72. The van der Waals surface area contributed by atoms with E-state index in [1.54, 1.807) is 0 Å². The number of nitrogens with one attached hydrogen (secondary N) is 1. The van der Waals surface area contributed by atoms with Crippen LogP contribution in [0.5, 0.6) is 0 Å². The number of hydrogen-bond acceptors (Lipinski definition) is 2. The van der Waals surface area contributed by atoms with Gasteiger partial charge in [0.25, 0.3) is 0 Å². The Morgan fingerprint density at radius 3 is 1.40 bits per heavy atom. The fourth-order valence-electron chi connectivity index (χ4n) is 6.16. The zero-order chi connectivity index (χ0) is 19.4. The standard InChI is InChI=1S/C23H45NO/c1-20(2,3)17-11-15(12-18(19(17)25)21(4,5)6)16-13-22(7,8)24-23(9,10)14-16/h15-19,24-25H,11-14H2,1-10H3. The van der Waals surface area contributed by atoms with Crippen molar-refractivity contribution in [3.63, 3.8) is 0 Å². The maximum atomic E-state index is 11.2. The monoisotopic (exact) mass is 351 g/mol. The van der Waals surface area contributed by atoms with Gasteiger partial charge in [-0.25, -0.2) is 0 Å². The molecule has 0 amide bonds. The first-order valence-corrected chi connectivity index (χ1v) is 10.5. The first-order chi connectivity index (χ1) is 11.0. The molecule has 2 N–H and O–H groups in total. The van der Waals surface area contributed by atoms with Gasteiger partial charge < -0.3 is 10.4 Å². The summed E-state index contributed by atoms with van der Waals surface area (Å²) in [5.41, 5.74) is 0.743. The van der Waals surface area contributed by atoms with Gasteiger partial charge in [-0.05, 0) is 87.9 Å². The van der Waals surface area contributed by atoms with E-state index in [0.717, 1.165) is 11.8 Å². The molecule has 0 aromatic rings. The Labute approximate surface area is 157 Å². The summed E-state index contributed by atoms with van der Waals surface area (Å²) in [5, 5.41) is 15.1. The summed E-state index contributed by atoms with van der Waals surface area (Å²) in [6.45, 7) is 23.4. The van der Waals surface area contributed by atoms with Gasteiger partial charge in [0.15, 0.2) is 0 Å². The molecule has 2 aliphatic rings. The van der Waals surface area contributed by atoms with Gasteiger partial charge in [0.2, 0.25) is 0 Å². The molecule has 1 aliphatic heterocycles. The molecule has 1 saturated heterocycles. The summed E-state index contributed by atoms with van der Waals surface area (Å²) in [5.74, 6) is 2.29. The Morgan fingerprint density at radius 2 is 1.08 bits per heavy atom. The highest BCUT2D eigenvalue weighted by molar-refractivity contribution is 5.02. The van der Waals surface area contributed by atoms with Crippen LogP contribution in [0.1, 0.15) is 94.9 Å². The predicted octanol–water partition coefficient (Wildman–Crippen LogP) is 5.64. The van der Waals surface area contributed by atoms with E-state index < -0.39 is 0 Å². The number of aliphatic hydroxyl groups excluding tert-OH is 1. The van der Waals surface area contributed by atoms with E-state index in [4.69, 9.17) is 0 Å². The zero-order valence-electron chi connectivity index (χ0n) is 18.7. The molecule has 0 spiro atoms. The van der Waals surface area contributed by atoms with Crippen molar-refractivity contribution in [2.75, 3.05) is 0 Å². The topological polar surface area (TPSA) is 32.3 Å². The Balaban J connectivity index is 2.30. The molecule has 148 valence electrons. The molecule has 0 aromatic heterocycles. The number of hydrogen-bond donors (Lipinski definition) is 2. The van der Waals surface area contributed by atoms with Crippen molar-refractivity contribution in [2.24, 2.45) is 34.5 Å². The highest BCUT2D eigenvalue weighted by Gasteiger charge is 2.49. The Hall–Kier alpha value is -0.0800. The fourth-order valence-corrected chi connectivity index (χ4v) is 6.16. The smallest absolute Gasteiger partial charge is 0.0606 e. The summed E-state index contributed by atoms with van der Waals surface area (Å²) in [4.78, 5) is 0. The number of rotatable bonds is 1. The maximum Gasteiger partial charge on any atom is 0.0606 e. The molecular weight excluding hydrogens is 306 g/mol. The van der Waals surface area contributed by atoms with Crippen LogP contribution in [0.25, 0.3) is 0 Å². The molecule has 1 aliphatic carbocycles. The highest BCUT2D eigenvalue weighted by atomic mass is 16.3. The number of piperidine rings is 1. The first-order valence-electron chi connectivity index (χ1n) is 10.5. The third-order valence-corrected chi connectivity index (χ3v) is 7.05. The van der Waals surface area contributed by atoms with E-state index >= 15 is 0 Å². The summed E-state index contributed by atoms with van der Waals surface area (Å²) < 4.78 is 0. The van der Waals surface area contributed by atoms with Gasteiger partial charge in [-0.2, -0.15) is 0 Å². The third kappa shape index (κ3) is 5.01. The van der Waals surface area contributed by atoms with Gasteiger partial charge in [0.1, 0.15) is 0 Å². The largest absolute Gasteiger partial charge is 0.393 e. The van der Waals surface area contributed by atoms with Gasteiger partial charge in [-0.15, -0.1) is 0 Å². The SMILES string of the molecule is CC1(C)CC(C2CC(C(C)(C)C)C(O)C(C(C)(C)C)C2)CC(C)(C)N1. The van der Waals surface area contributed by atoms with Crippen molar-refractivity contribution in [2.45, 2.75) is 112 Å². The predicted molar refractivity (Wildman–Crippen MR) is 109 cm³/mol. The molecule has 1 heterocycles. The quantitative estimate of drug-likeness (QED) is 0.641. The van der Waals surface area contributed by atoms with Gasteiger partial charge in [0, 0.05) is 11.1 Å². The molecule has 1 saturated carbocycles. The van der Waals surface area contributed by atoms with E-state index in [9.17, 15) is 5.11 Å². The molecule has 25 heavy (non-hydrogen) atoms. The fraction of sp³-hybridized carbons (Fsp3) is 1.00. The van der Waals surface area contributed by atoms with Gasteiger partial charge in [-0.1, -0.05) is 41.5 Å². The molecule has 2 rings (SSSR count). The molecule has 2 nitrogen and oxygen atoms in total. The van der Waals surface area contributed by atoms with Crippen LogP contribution in [-0.4, -0.2) is 22.3 Å². The molecule has 0 aromatic carbocycles. The maximum absolute atomic E-state index is 11.2. The van der Waals surface area contributed by atoms with Crippen molar-refractivity contribution in [3.8, 4) is 0 Å². The highest BCUT2D eigenvalue weighted by Crippen LogP contribution is 2.52. The molecule has 2 unspecified atom stereocenters. The number of aliphatic hydroxyl groups is 1. The lowest BCUT2D eigenvalue weighted by molar-refractivity contribution is -0.0985. The van der Waals surface area contributed by atoms with Crippen LogP contribution < -0.4 is 5.32 Å². The van der Waals surface area contributed by atoms with Crippen LogP contribution in [0.2, 0.25) is 0 Å². The van der Waals surface area contributed by atoms with Gasteiger partial charge >= 0.3 is 0 Å². The molecule has 0 bridgehead atoms. The zero-order valence-corrected chi connectivity index (χ0v) is 18.7. The molecule has 2 fully saturated rings. The van der Waals surface area contributed by atoms with E-state index in [0.29, 0.717) is 11.8 Å². The van der Waals surface area contributed by atoms with Gasteiger partial charge in [-0.3, -0.25) is 0 Å². The lowest BCUT2D eigenvalue weighted by atomic mass is 9.55. The van der Waals surface area contributed by atoms with Crippen LogP contribution in [0.4, 0.5) is 0 Å². The van der Waals surface area contributed by atoms with Crippen molar-refractivity contribution < 1.29 is 5.11 Å². The third-order valence-electron chi connectivity index (χ3n) is 7.05. The van der Waals surface area contributed by atoms with Crippen molar-refractivity contribution in [1.82, 2.24) is 5.32 Å². The van der Waals surface area contributed by atoms with Crippen LogP contribution in [-0.2, 0) is 0 Å². The second-order valence-electron chi connectivity index (χ2n) is 12.7. The average Bonchev–Trinajstić information content (AvgIpc) is 2.32. The second-order valence-corrected chi connectivity index (χ2v) is 12.7. The Kier molecular flexibility index (Phi) is 5.53. The normalized spacial score (nSPS) is 37.1. The molecular formula is C23H45NO. The van der Waals surface area contributed by atoms with E-state index in [1.165, 1.54) is 25.7 Å². The average molecular weight is 352 g/mol. The van der Waals surface area contributed by atoms with E-state index in [2.05, 4.69) is 74.6 Å². The van der Waals surface area contributed by atoms with E-state index in [-0.39, 0.29) is 28.0 Å². The first kappa shape index (κ1) is 21.2. The minimum atomic E-state index is -0.168. The molecule has 2 heteroatoms. The lowest BCUT2D eigenvalue weighted by Crippen LogP contribution is -2.59. The molecule has 2 atom stereocenters. The van der Waals surface area contributed by atoms with Crippen LogP contribution >= 0.6 is 0 Å². The summed E-state index contributed by atoms with van der Waals surface area (Å²) in [7, 11) is 0. The molecule has 0 radical (unpaired) electrons. The van der Waals surface area contributed by atoms with E-state index in [1.807, 2.05) is 0 Å². The van der Waals surface area contributed by atoms with Crippen LogP contribution in [0.3, 0.4) is 0 Å². The minimum absolute atomic E-state index is 0.166. The summed E-state index contributed by atoms with van der Waals surface area (Å²) >= 11 is 0. The lowest BCUT2D eigenvalue weighted by Gasteiger charge is -2.54. The summed E-state index contributed by atoms with van der Waals surface area (Å²) in [6, 6.07) is 0. The van der Waals surface area contributed by atoms with Crippen molar-refractivity contribution in [1.29, 1.82) is 0 Å². The Bertz CT molecular complexity index is 425. The van der Waals surface area contributed by atoms with Crippen molar-refractivity contribution in [3.05, 3.63) is 0 Å². The van der Waals surface area contributed by atoms with Gasteiger partial charge in [0.05, 0.1) is 6.10 Å². The minimum Gasteiger partial charge on any atom is -0.393 e. The van der Waals surface area contributed by atoms with Crippen molar-refractivity contribution >= 4 is 0 Å².